The summed E-state index contributed by atoms with van der Waals surface area (Å²) in [5.74, 6) is -0.856. The number of carbonyl (C=O) groups excluding carboxylic acids is 2. The van der Waals surface area contributed by atoms with Crippen molar-refractivity contribution in [3.8, 4) is 11.1 Å². The molecular weight excluding hydrogens is 565 g/mol. The molecule has 0 aromatic carbocycles. The van der Waals surface area contributed by atoms with Gasteiger partial charge in [-0.25, -0.2) is 9.67 Å². The fourth-order valence-corrected chi connectivity index (χ4v) is 6.45. The van der Waals surface area contributed by atoms with Crippen molar-refractivity contribution in [1.29, 1.82) is 0 Å². The van der Waals surface area contributed by atoms with Gasteiger partial charge in [0, 0.05) is 44.7 Å². The van der Waals surface area contributed by atoms with Crippen molar-refractivity contribution in [3.63, 3.8) is 0 Å². The topological polar surface area (TPSA) is 116 Å². The Morgan fingerprint density at radius 1 is 1.16 bits per heavy atom. The summed E-state index contributed by atoms with van der Waals surface area (Å²) in [7, 11) is 0.468. The lowest BCUT2D eigenvalue weighted by Gasteiger charge is -2.32. The van der Waals surface area contributed by atoms with Crippen LogP contribution in [0.5, 0.6) is 0 Å². The van der Waals surface area contributed by atoms with Crippen LogP contribution in [0.25, 0.3) is 11.1 Å². The predicted octanol–water partition coefficient (Wildman–Crippen LogP) is 5.56. The van der Waals surface area contributed by atoms with Crippen molar-refractivity contribution >= 4 is 25.7 Å². The standard InChI is InChI=1S/C31H46FN7O3Si/c1-8-24-27(21(3)37-39(24)19-42-17-18-43(5,6)7)23-13-14-26(34-29(23)32)35-31(41)28(22-11-9-20(2)10-12-22)36-30(40)25-15-16-33-38(25)4/h13-16,20,22,28H,8-12,17-19H2,1-7H3,(H,36,40)(H,34,35,41)/t20?,22?,28-/m0/s1. The third-order valence-electron chi connectivity index (χ3n) is 8.30. The summed E-state index contributed by atoms with van der Waals surface area (Å²) in [6.07, 6.45) is 5.77. The summed E-state index contributed by atoms with van der Waals surface area (Å²) in [6, 6.07) is 5.11. The van der Waals surface area contributed by atoms with E-state index < -0.39 is 26.0 Å². The van der Waals surface area contributed by atoms with Gasteiger partial charge in [0.1, 0.15) is 24.3 Å². The Hall–Kier alpha value is -3.38. The molecule has 0 radical (unpaired) electrons. The molecular formula is C31H46FN7O3Si. The Balaban J connectivity index is 1.51. The third kappa shape index (κ3) is 8.17. The van der Waals surface area contributed by atoms with Gasteiger partial charge >= 0.3 is 0 Å². The SMILES string of the molecule is CCc1c(-c2ccc(NC(=O)[C@@H](NC(=O)c3ccnn3C)C3CCC(C)CC3)nc2F)c(C)nn1COCC[Si](C)(C)C. The minimum absolute atomic E-state index is 0.0361. The van der Waals surface area contributed by atoms with Gasteiger partial charge in [0.2, 0.25) is 11.9 Å². The number of carbonyl (C=O) groups is 2. The lowest BCUT2D eigenvalue weighted by Crippen LogP contribution is -2.49. The molecule has 1 aliphatic carbocycles. The molecule has 4 rings (SSSR count). The summed E-state index contributed by atoms with van der Waals surface area (Å²) < 4.78 is 24.7. The molecule has 2 N–H and O–H groups in total. The molecule has 234 valence electrons. The van der Waals surface area contributed by atoms with Gasteiger partial charge < -0.3 is 15.4 Å². The molecule has 43 heavy (non-hydrogen) atoms. The molecule has 3 aromatic rings. The summed E-state index contributed by atoms with van der Waals surface area (Å²) >= 11 is 0. The number of rotatable bonds is 12. The number of ether oxygens (including phenoxy) is 1. The normalized spacial score (nSPS) is 18.0. The second-order valence-electron chi connectivity index (χ2n) is 12.9. The van der Waals surface area contributed by atoms with Gasteiger partial charge in [0.25, 0.3) is 5.91 Å². The summed E-state index contributed by atoms with van der Waals surface area (Å²) in [5.41, 5.74) is 2.93. The van der Waals surface area contributed by atoms with Crippen LogP contribution in [0.1, 0.15) is 61.4 Å². The van der Waals surface area contributed by atoms with Gasteiger partial charge in [0.15, 0.2) is 0 Å². The van der Waals surface area contributed by atoms with Crippen LogP contribution in [0.15, 0.2) is 24.4 Å². The number of aromatic nitrogens is 5. The van der Waals surface area contributed by atoms with Crippen LogP contribution in [-0.2, 0) is 29.7 Å². The quantitative estimate of drug-likeness (QED) is 0.157. The first kappa shape index (κ1) is 32.5. The minimum Gasteiger partial charge on any atom is -0.360 e. The molecule has 3 heterocycles. The van der Waals surface area contributed by atoms with Gasteiger partial charge in [-0.3, -0.25) is 14.3 Å². The zero-order valence-electron chi connectivity index (χ0n) is 26.5. The maximum absolute atomic E-state index is 15.6. The molecule has 0 bridgehead atoms. The smallest absolute Gasteiger partial charge is 0.270 e. The number of hydrogen-bond donors (Lipinski definition) is 2. The van der Waals surface area contributed by atoms with Crippen LogP contribution >= 0.6 is 0 Å². The van der Waals surface area contributed by atoms with E-state index in [1.54, 1.807) is 29.9 Å². The maximum Gasteiger partial charge on any atom is 0.270 e. The highest BCUT2D eigenvalue weighted by Crippen LogP contribution is 2.32. The monoisotopic (exact) mass is 611 g/mol. The molecule has 3 aromatic heterocycles. The maximum atomic E-state index is 15.6. The molecule has 12 heteroatoms. The first-order chi connectivity index (χ1) is 20.4. The first-order valence-corrected chi connectivity index (χ1v) is 19.0. The third-order valence-corrected chi connectivity index (χ3v) is 10.0. The van der Waals surface area contributed by atoms with Gasteiger partial charge in [-0.1, -0.05) is 46.3 Å². The average Bonchev–Trinajstić information content (AvgIpc) is 3.51. The van der Waals surface area contributed by atoms with Crippen LogP contribution in [0.2, 0.25) is 25.7 Å². The van der Waals surface area contributed by atoms with Gasteiger partial charge in [-0.05, 0) is 62.3 Å². The number of hydrogen-bond acceptors (Lipinski definition) is 6. The highest BCUT2D eigenvalue weighted by atomic mass is 28.3. The second kappa shape index (κ2) is 13.9. The fourth-order valence-electron chi connectivity index (χ4n) is 5.70. The number of pyridine rings is 1. The number of aryl methyl sites for hydroxylation is 2. The minimum atomic E-state index is -1.21. The lowest BCUT2D eigenvalue weighted by molar-refractivity contribution is -0.119. The zero-order valence-corrected chi connectivity index (χ0v) is 27.5. The van der Waals surface area contributed by atoms with Crippen LogP contribution < -0.4 is 10.6 Å². The Bertz CT molecular complexity index is 1420. The number of anilines is 1. The molecule has 1 atom stereocenters. The molecule has 0 aliphatic heterocycles. The van der Waals surface area contributed by atoms with E-state index >= 15 is 4.39 Å². The second-order valence-corrected chi connectivity index (χ2v) is 18.6. The van der Waals surface area contributed by atoms with E-state index in [4.69, 9.17) is 4.74 Å². The number of halogens is 1. The van der Waals surface area contributed by atoms with Gasteiger partial charge in [-0.2, -0.15) is 14.6 Å². The Morgan fingerprint density at radius 2 is 1.88 bits per heavy atom. The van der Waals surface area contributed by atoms with E-state index in [2.05, 4.69) is 52.4 Å². The van der Waals surface area contributed by atoms with E-state index in [0.717, 1.165) is 37.4 Å². The molecule has 10 nitrogen and oxygen atoms in total. The largest absolute Gasteiger partial charge is 0.360 e. The molecule has 0 spiro atoms. The summed E-state index contributed by atoms with van der Waals surface area (Å²) in [4.78, 5) is 30.7. The Morgan fingerprint density at radius 3 is 2.49 bits per heavy atom. The summed E-state index contributed by atoms with van der Waals surface area (Å²) in [5, 5.41) is 14.4. The lowest BCUT2D eigenvalue weighted by atomic mass is 9.79. The predicted molar refractivity (Wildman–Crippen MR) is 168 cm³/mol. The number of nitrogens with one attached hydrogen (secondary N) is 2. The van der Waals surface area contributed by atoms with E-state index in [-0.39, 0.29) is 17.6 Å². The highest BCUT2D eigenvalue weighted by molar-refractivity contribution is 6.76. The van der Waals surface area contributed by atoms with Crippen molar-refractivity contribution in [2.45, 2.75) is 91.3 Å². The van der Waals surface area contributed by atoms with Crippen molar-refractivity contribution in [3.05, 3.63) is 47.4 Å². The van der Waals surface area contributed by atoms with Crippen LogP contribution in [0.3, 0.4) is 0 Å². The molecule has 1 saturated carbocycles. The van der Waals surface area contributed by atoms with E-state index in [1.165, 1.54) is 10.9 Å². The van der Waals surface area contributed by atoms with Crippen LogP contribution in [-0.4, -0.2) is 57.1 Å². The van der Waals surface area contributed by atoms with Crippen molar-refractivity contribution < 1.29 is 18.7 Å². The molecule has 1 aliphatic rings. The van der Waals surface area contributed by atoms with Gasteiger partial charge in [-0.15, -0.1) is 0 Å². The molecule has 2 amide bonds. The molecule has 0 unspecified atom stereocenters. The van der Waals surface area contributed by atoms with E-state index in [0.29, 0.717) is 48.2 Å². The number of amides is 2. The molecule has 1 fully saturated rings. The Kier molecular flexibility index (Phi) is 10.5. The van der Waals surface area contributed by atoms with Crippen LogP contribution in [0, 0.1) is 24.7 Å². The van der Waals surface area contributed by atoms with Gasteiger partial charge in [0.05, 0.1) is 5.69 Å². The van der Waals surface area contributed by atoms with E-state index in [9.17, 15) is 9.59 Å². The van der Waals surface area contributed by atoms with Crippen molar-refractivity contribution in [2.75, 3.05) is 11.9 Å². The van der Waals surface area contributed by atoms with Crippen molar-refractivity contribution in [1.82, 2.24) is 29.9 Å². The Labute approximate surface area is 254 Å². The van der Waals surface area contributed by atoms with Crippen LogP contribution in [0.4, 0.5) is 10.2 Å². The number of nitrogens with zero attached hydrogens (tertiary/aromatic N) is 5. The average molecular weight is 612 g/mol. The van der Waals surface area contributed by atoms with Crippen molar-refractivity contribution in [2.24, 2.45) is 18.9 Å². The van der Waals surface area contributed by atoms with E-state index in [1.807, 2.05) is 13.8 Å². The first-order valence-electron chi connectivity index (χ1n) is 15.3. The summed E-state index contributed by atoms with van der Waals surface area (Å²) in [6.45, 7) is 13.9. The highest BCUT2D eigenvalue weighted by Gasteiger charge is 2.33. The fraction of sp³-hybridized carbons (Fsp3) is 0.581. The zero-order chi connectivity index (χ0) is 31.3. The molecule has 0 saturated heterocycles.